The van der Waals surface area contributed by atoms with Crippen molar-refractivity contribution in [2.45, 2.75) is 109 Å². The van der Waals surface area contributed by atoms with Gasteiger partial charge in [0.1, 0.15) is 11.3 Å². The monoisotopic (exact) mass is 528 g/mol. The van der Waals surface area contributed by atoms with Crippen LogP contribution in [0.5, 0.6) is 0 Å². The molecule has 7 heteroatoms. The Kier molecular flexibility index (Phi) is 10.7. The number of hydrogen-bond acceptors (Lipinski definition) is 4. The second-order valence-corrected chi connectivity index (χ2v) is 13.8. The smallest absolute Gasteiger partial charge is 0.337 e. The van der Waals surface area contributed by atoms with E-state index in [1.54, 1.807) is 48.5 Å². The van der Waals surface area contributed by atoms with E-state index < -0.39 is 74.8 Å². The van der Waals surface area contributed by atoms with Gasteiger partial charge in [-0.3, -0.25) is 9.59 Å². The average molecular weight is 529 g/mol. The third-order valence-electron chi connectivity index (χ3n) is 11.4. The molecule has 0 aromatic heterocycles. The summed E-state index contributed by atoms with van der Waals surface area (Å²) in [5, 5.41) is 46.2. The van der Waals surface area contributed by atoms with Crippen molar-refractivity contribution in [3.63, 3.8) is 0 Å². The zero-order chi connectivity index (χ0) is 30.3. The molecule has 4 N–H and O–H groups in total. The molecule has 2 unspecified atom stereocenters. The van der Waals surface area contributed by atoms with E-state index in [0.717, 1.165) is 0 Å². The van der Waals surface area contributed by atoms with E-state index >= 15 is 0 Å². The zero-order valence-electron chi connectivity index (χ0n) is 26.1. The van der Waals surface area contributed by atoms with E-state index in [4.69, 9.17) is 0 Å². The molecular weight excluding hydrogens is 472 g/mol. The number of aliphatic hydroxyl groups is 1. The maximum atomic E-state index is 14.1. The number of carbonyl (C=O) groups is 3. The van der Waals surface area contributed by atoms with E-state index in [0.29, 0.717) is 0 Å². The molecule has 37 heavy (non-hydrogen) atoms. The second-order valence-electron chi connectivity index (χ2n) is 13.8. The Morgan fingerprint density at radius 1 is 0.514 bits per heavy atom. The van der Waals surface area contributed by atoms with Gasteiger partial charge < -0.3 is 20.4 Å². The van der Waals surface area contributed by atoms with Gasteiger partial charge in [-0.15, -0.1) is 0 Å². The van der Waals surface area contributed by atoms with Crippen molar-refractivity contribution in [1.29, 1.82) is 0 Å². The van der Waals surface area contributed by atoms with Crippen molar-refractivity contribution in [3.05, 3.63) is 0 Å². The first-order chi connectivity index (χ1) is 16.4. The Labute approximate surface area is 225 Å². The summed E-state index contributed by atoms with van der Waals surface area (Å²) in [5.74, 6) is -9.11. The molecule has 0 aromatic carbocycles. The summed E-state index contributed by atoms with van der Waals surface area (Å²) >= 11 is 0. The Morgan fingerprint density at radius 3 is 0.919 bits per heavy atom. The molecule has 0 aliphatic heterocycles. The average Bonchev–Trinajstić information content (AvgIpc) is 2.71. The molecule has 0 amide bonds. The minimum absolute atomic E-state index is 0.375. The van der Waals surface area contributed by atoms with Crippen LogP contribution in [0.15, 0.2) is 0 Å². The van der Waals surface area contributed by atoms with Gasteiger partial charge in [0.05, 0.1) is 0 Å². The first-order valence-corrected chi connectivity index (χ1v) is 13.8. The lowest BCUT2D eigenvalue weighted by atomic mass is 9.34. The Bertz CT molecular complexity index is 787. The molecule has 0 spiro atoms. The minimum Gasteiger partial charge on any atom is -0.481 e. The van der Waals surface area contributed by atoms with Crippen LogP contribution >= 0.6 is 0 Å². The van der Waals surface area contributed by atoms with Gasteiger partial charge in [-0.05, 0) is 51.8 Å². The summed E-state index contributed by atoms with van der Waals surface area (Å²) in [6, 6.07) is 0. The standard InChI is InChI=1S/C30H56O7/c1-16(2)26(13,17(3)4)22(23(31)32)29(37,24(33)34)30(25(35)36,27(14,18(5)6)19(7)8)28(15,20(9)10)21(11)12/h16-22,37H,1-15H3,(H,31,32)(H,33,34)(H,35,36). The first-order valence-electron chi connectivity index (χ1n) is 13.8. The van der Waals surface area contributed by atoms with Crippen molar-refractivity contribution in [2.24, 2.45) is 63.1 Å². The molecule has 0 aromatic rings. The topological polar surface area (TPSA) is 132 Å². The molecule has 2 atom stereocenters. The molecule has 0 saturated heterocycles. The summed E-state index contributed by atoms with van der Waals surface area (Å²) in [6.07, 6.45) is 0. The van der Waals surface area contributed by atoms with Crippen LogP contribution in [0.2, 0.25) is 0 Å². The van der Waals surface area contributed by atoms with E-state index in [1.165, 1.54) is 0 Å². The maximum Gasteiger partial charge on any atom is 0.337 e. The summed E-state index contributed by atoms with van der Waals surface area (Å²) in [4.78, 5) is 41.0. The van der Waals surface area contributed by atoms with E-state index in [2.05, 4.69) is 0 Å². The van der Waals surface area contributed by atoms with E-state index in [1.807, 2.05) is 55.4 Å². The third-order valence-corrected chi connectivity index (χ3v) is 11.4. The summed E-state index contributed by atoms with van der Waals surface area (Å²) < 4.78 is 0. The van der Waals surface area contributed by atoms with Crippen LogP contribution in [-0.2, 0) is 14.4 Å². The molecule has 7 nitrogen and oxygen atoms in total. The quantitative estimate of drug-likeness (QED) is 0.201. The molecule has 0 saturated carbocycles. The Morgan fingerprint density at radius 2 is 0.784 bits per heavy atom. The van der Waals surface area contributed by atoms with Gasteiger partial charge in [0.2, 0.25) is 0 Å². The maximum absolute atomic E-state index is 14.1. The van der Waals surface area contributed by atoms with Crippen LogP contribution in [0.3, 0.4) is 0 Å². The predicted octanol–water partition coefficient (Wildman–Crippen LogP) is 6.53. The van der Waals surface area contributed by atoms with Crippen LogP contribution < -0.4 is 0 Å². The Hall–Kier alpha value is -1.63. The number of hydrogen-bond donors (Lipinski definition) is 4. The number of aliphatic carboxylic acids is 3. The van der Waals surface area contributed by atoms with Gasteiger partial charge in [-0.25, -0.2) is 4.79 Å². The van der Waals surface area contributed by atoms with Crippen molar-refractivity contribution in [2.75, 3.05) is 0 Å². The van der Waals surface area contributed by atoms with Crippen LogP contribution in [0, 0.1) is 63.1 Å². The van der Waals surface area contributed by atoms with Crippen molar-refractivity contribution in [1.82, 2.24) is 0 Å². The molecule has 0 heterocycles. The molecule has 0 radical (unpaired) electrons. The van der Waals surface area contributed by atoms with Gasteiger partial charge >= 0.3 is 17.9 Å². The van der Waals surface area contributed by atoms with Gasteiger partial charge in [-0.1, -0.05) is 104 Å². The number of carboxylic acid groups (broad SMARTS) is 3. The van der Waals surface area contributed by atoms with Crippen LogP contribution in [0.4, 0.5) is 0 Å². The summed E-state index contributed by atoms with van der Waals surface area (Å²) in [5.41, 5.74) is -9.50. The Balaban J connectivity index is 9.02. The van der Waals surface area contributed by atoms with Crippen LogP contribution in [-0.4, -0.2) is 43.9 Å². The van der Waals surface area contributed by atoms with Crippen molar-refractivity contribution < 1.29 is 34.8 Å². The van der Waals surface area contributed by atoms with Crippen LogP contribution in [0.25, 0.3) is 0 Å². The van der Waals surface area contributed by atoms with Gasteiger partial charge in [0, 0.05) is 0 Å². The fourth-order valence-corrected chi connectivity index (χ4v) is 7.82. The van der Waals surface area contributed by atoms with Gasteiger partial charge in [-0.2, -0.15) is 0 Å². The molecule has 0 aliphatic carbocycles. The molecule has 218 valence electrons. The molecule has 0 bridgehead atoms. The molecule has 0 aliphatic rings. The fraction of sp³-hybridized carbons (Fsp3) is 0.900. The summed E-state index contributed by atoms with van der Waals surface area (Å²) in [6.45, 7) is 27.0. The SMILES string of the molecule is CC(C)C(C)(C(C)C)C(C(=O)O)C(O)(C(=O)O)C(C(=O)O)(C(C)(C(C)C)C(C)C)C(C)(C(C)C)C(C)C. The largest absolute Gasteiger partial charge is 0.481 e. The van der Waals surface area contributed by atoms with E-state index in [-0.39, 0.29) is 11.8 Å². The number of carboxylic acids is 3. The molecule has 0 rings (SSSR count). The number of rotatable bonds is 14. The molecular formula is C30H56O7. The van der Waals surface area contributed by atoms with Crippen molar-refractivity contribution >= 4 is 17.9 Å². The highest BCUT2D eigenvalue weighted by Gasteiger charge is 2.82. The predicted molar refractivity (Wildman–Crippen MR) is 147 cm³/mol. The lowest BCUT2D eigenvalue weighted by Crippen LogP contribution is -2.79. The van der Waals surface area contributed by atoms with Gasteiger partial charge in [0.25, 0.3) is 0 Å². The first kappa shape index (κ1) is 35.4. The van der Waals surface area contributed by atoms with Crippen LogP contribution in [0.1, 0.15) is 104 Å². The normalized spacial score (nSPS) is 16.7. The lowest BCUT2D eigenvalue weighted by Gasteiger charge is -2.68. The fourth-order valence-electron chi connectivity index (χ4n) is 7.82. The lowest BCUT2D eigenvalue weighted by molar-refractivity contribution is -0.288. The summed E-state index contributed by atoms with van der Waals surface area (Å²) in [7, 11) is 0. The molecule has 0 fully saturated rings. The highest BCUT2D eigenvalue weighted by Crippen LogP contribution is 2.71. The van der Waals surface area contributed by atoms with Gasteiger partial charge in [0.15, 0.2) is 5.60 Å². The minimum atomic E-state index is -3.17. The second kappa shape index (κ2) is 11.2. The highest BCUT2D eigenvalue weighted by atomic mass is 16.4. The van der Waals surface area contributed by atoms with E-state index in [9.17, 15) is 34.8 Å². The zero-order valence-corrected chi connectivity index (χ0v) is 26.1. The van der Waals surface area contributed by atoms with Crippen molar-refractivity contribution in [3.8, 4) is 0 Å². The third kappa shape index (κ3) is 4.51. The highest BCUT2D eigenvalue weighted by molar-refractivity contribution is 5.95.